The number of hydrogen-bond acceptors (Lipinski definition) is 4. The van der Waals surface area contributed by atoms with Gasteiger partial charge in [-0.3, -0.25) is 4.79 Å². The van der Waals surface area contributed by atoms with Gasteiger partial charge in [-0.2, -0.15) is 5.10 Å². The van der Waals surface area contributed by atoms with Gasteiger partial charge in [-0.25, -0.2) is 4.68 Å². The predicted molar refractivity (Wildman–Crippen MR) is 113 cm³/mol. The number of para-hydroxylation sites is 1. The topological polar surface area (TPSA) is 70.9 Å². The van der Waals surface area contributed by atoms with Crippen molar-refractivity contribution < 1.29 is 5.11 Å². The van der Waals surface area contributed by atoms with Crippen molar-refractivity contribution in [2.45, 2.75) is 19.4 Å². The van der Waals surface area contributed by atoms with Crippen LogP contribution in [0.5, 0.6) is 0 Å². The average molecular weight is 412 g/mol. The van der Waals surface area contributed by atoms with Gasteiger partial charge in [0, 0.05) is 22.7 Å². The maximum absolute atomic E-state index is 11.3. The summed E-state index contributed by atoms with van der Waals surface area (Å²) in [5.74, 6) is 0. The number of aromatic nitrogens is 3. The molecule has 0 unspecified atom stereocenters. The van der Waals surface area contributed by atoms with Gasteiger partial charge in [-0.05, 0) is 50.2 Å². The van der Waals surface area contributed by atoms with Crippen molar-refractivity contribution in [3.05, 3.63) is 81.9 Å². The first kappa shape index (κ1) is 18.7. The molecule has 0 bridgehead atoms. The van der Waals surface area contributed by atoms with E-state index < -0.39 is 5.60 Å². The fourth-order valence-corrected chi connectivity index (χ4v) is 4.08. The van der Waals surface area contributed by atoms with E-state index in [4.69, 9.17) is 11.6 Å². The number of benzene rings is 1. The van der Waals surface area contributed by atoms with Crippen molar-refractivity contribution in [2.75, 3.05) is 0 Å². The maximum Gasteiger partial charge on any atom is 0.247 e. The highest BCUT2D eigenvalue weighted by molar-refractivity contribution is 7.18. The Morgan fingerprint density at radius 1 is 1.11 bits per heavy atom. The van der Waals surface area contributed by atoms with Crippen LogP contribution in [-0.4, -0.2) is 19.9 Å². The van der Waals surface area contributed by atoms with Crippen LogP contribution in [0.4, 0.5) is 0 Å². The van der Waals surface area contributed by atoms with Crippen LogP contribution >= 0.6 is 22.9 Å². The number of H-pyrrole nitrogens is 1. The first-order valence-corrected chi connectivity index (χ1v) is 9.89. The van der Waals surface area contributed by atoms with E-state index in [1.807, 2.05) is 42.5 Å². The van der Waals surface area contributed by atoms with Gasteiger partial charge in [0.1, 0.15) is 5.60 Å². The van der Waals surface area contributed by atoms with Crippen molar-refractivity contribution in [3.63, 3.8) is 0 Å². The van der Waals surface area contributed by atoms with E-state index in [0.717, 1.165) is 26.7 Å². The second-order valence-electron chi connectivity index (χ2n) is 6.94. The van der Waals surface area contributed by atoms with Gasteiger partial charge in [0.2, 0.25) is 5.56 Å². The Hall–Kier alpha value is -2.67. The number of aliphatic hydroxyl groups is 1. The molecule has 5 nitrogen and oxygen atoms in total. The molecule has 3 heterocycles. The summed E-state index contributed by atoms with van der Waals surface area (Å²) in [6, 6.07) is 16.7. The lowest BCUT2D eigenvalue weighted by Crippen LogP contribution is -2.16. The summed E-state index contributed by atoms with van der Waals surface area (Å²) in [5, 5.41) is 15.7. The number of rotatable bonds is 4. The Kier molecular flexibility index (Phi) is 4.71. The zero-order valence-electron chi connectivity index (χ0n) is 15.3. The van der Waals surface area contributed by atoms with Crippen LogP contribution < -0.4 is 5.56 Å². The molecule has 0 aliphatic carbocycles. The molecule has 0 aliphatic heterocycles. The molecule has 142 valence electrons. The molecule has 4 rings (SSSR count). The van der Waals surface area contributed by atoms with Gasteiger partial charge >= 0.3 is 0 Å². The smallest absolute Gasteiger partial charge is 0.247 e. The highest BCUT2D eigenvalue weighted by Gasteiger charge is 2.24. The summed E-state index contributed by atoms with van der Waals surface area (Å²) in [5.41, 5.74) is 1.86. The predicted octanol–water partition coefficient (Wildman–Crippen LogP) is 4.84. The Morgan fingerprint density at radius 2 is 1.86 bits per heavy atom. The largest absolute Gasteiger partial charge is 0.384 e. The van der Waals surface area contributed by atoms with Crippen LogP contribution in [0.3, 0.4) is 0 Å². The summed E-state index contributed by atoms with van der Waals surface area (Å²) in [7, 11) is 0. The Morgan fingerprint density at radius 3 is 2.54 bits per heavy atom. The lowest BCUT2D eigenvalue weighted by molar-refractivity contribution is 0.0734. The van der Waals surface area contributed by atoms with Gasteiger partial charge in [0.05, 0.1) is 27.0 Å². The lowest BCUT2D eigenvalue weighted by atomic mass is 10.1. The molecule has 0 spiro atoms. The quantitative estimate of drug-likeness (QED) is 0.505. The Labute approximate surface area is 170 Å². The first-order chi connectivity index (χ1) is 13.3. The third kappa shape index (κ3) is 3.54. The van der Waals surface area contributed by atoms with Crippen molar-refractivity contribution in [1.29, 1.82) is 0 Å². The van der Waals surface area contributed by atoms with E-state index >= 15 is 0 Å². The minimum atomic E-state index is -1.08. The molecule has 3 aromatic heterocycles. The highest BCUT2D eigenvalue weighted by Crippen LogP contribution is 2.37. The number of nitrogens with zero attached hydrogens (tertiary/aromatic N) is 2. The number of pyridine rings is 1. The molecule has 7 heteroatoms. The zero-order chi connectivity index (χ0) is 19.9. The van der Waals surface area contributed by atoms with Crippen LogP contribution in [0.1, 0.15) is 19.5 Å². The fraction of sp³-hybridized carbons (Fsp3) is 0.143. The molecule has 1 aromatic carbocycles. The first-order valence-electron chi connectivity index (χ1n) is 8.70. The lowest BCUT2D eigenvalue weighted by Gasteiger charge is -2.13. The molecular formula is C21H18ClN3O2S. The van der Waals surface area contributed by atoms with E-state index in [1.54, 1.807) is 42.1 Å². The van der Waals surface area contributed by atoms with Crippen molar-refractivity contribution in [1.82, 2.24) is 14.8 Å². The standard InChI is InChI=1S/C21H18ClN3O2S/c1-21(2,27)19-11-16(25(24-19)15-6-4-3-5-14(15)22)18-9-8-17(28-18)13-7-10-20(26)23-12-13/h3-12,27H,1-2H3,(H,23,26). The zero-order valence-corrected chi connectivity index (χ0v) is 16.9. The number of hydrogen-bond donors (Lipinski definition) is 2. The molecule has 0 aliphatic rings. The normalized spacial score (nSPS) is 11.7. The molecule has 0 fully saturated rings. The number of thiophene rings is 1. The second kappa shape index (κ2) is 7.05. The van der Waals surface area contributed by atoms with Crippen molar-refractivity contribution in [2.24, 2.45) is 0 Å². The summed E-state index contributed by atoms with van der Waals surface area (Å²) < 4.78 is 1.76. The van der Waals surface area contributed by atoms with Gasteiger partial charge in [0.25, 0.3) is 0 Å². The molecule has 2 N–H and O–H groups in total. The Bertz CT molecular complexity index is 1180. The number of aromatic amines is 1. The Balaban J connectivity index is 1.85. The van der Waals surface area contributed by atoms with Crippen LogP contribution in [-0.2, 0) is 5.60 Å². The SMILES string of the molecule is CC(C)(O)c1cc(-c2ccc(-c3ccc(=O)[nH]c3)s2)n(-c2ccccc2Cl)n1. The van der Waals surface area contributed by atoms with Crippen LogP contribution in [0.25, 0.3) is 26.7 Å². The summed E-state index contributed by atoms with van der Waals surface area (Å²) >= 11 is 7.98. The second-order valence-corrected chi connectivity index (χ2v) is 8.43. The molecule has 28 heavy (non-hydrogen) atoms. The molecule has 0 amide bonds. The van der Waals surface area contributed by atoms with E-state index in [2.05, 4.69) is 10.1 Å². The summed E-state index contributed by atoms with van der Waals surface area (Å²) in [6.07, 6.45) is 1.70. The molecule has 0 saturated heterocycles. The van der Waals surface area contributed by atoms with E-state index in [0.29, 0.717) is 10.7 Å². The van der Waals surface area contributed by atoms with Crippen LogP contribution in [0.2, 0.25) is 5.02 Å². The monoisotopic (exact) mass is 411 g/mol. The van der Waals surface area contributed by atoms with Gasteiger partial charge < -0.3 is 10.1 Å². The summed E-state index contributed by atoms with van der Waals surface area (Å²) in [6.45, 7) is 3.41. The third-order valence-corrected chi connectivity index (χ3v) is 5.82. The maximum atomic E-state index is 11.3. The van der Waals surface area contributed by atoms with Crippen LogP contribution in [0, 0.1) is 0 Å². The van der Waals surface area contributed by atoms with Crippen LogP contribution in [0.15, 0.2) is 65.6 Å². The van der Waals surface area contributed by atoms with Crippen molar-refractivity contribution in [3.8, 4) is 26.7 Å². The number of halogens is 1. The van der Waals surface area contributed by atoms with Gasteiger partial charge in [-0.1, -0.05) is 23.7 Å². The van der Waals surface area contributed by atoms with Crippen molar-refractivity contribution >= 4 is 22.9 Å². The molecular weight excluding hydrogens is 394 g/mol. The minimum Gasteiger partial charge on any atom is -0.384 e. The van der Waals surface area contributed by atoms with E-state index in [-0.39, 0.29) is 5.56 Å². The molecule has 4 aromatic rings. The third-order valence-electron chi connectivity index (χ3n) is 4.34. The fourth-order valence-electron chi connectivity index (χ4n) is 2.86. The molecule has 0 saturated carbocycles. The average Bonchev–Trinajstić information content (AvgIpc) is 3.29. The molecule has 0 radical (unpaired) electrons. The van der Waals surface area contributed by atoms with E-state index in [9.17, 15) is 9.90 Å². The highest BCUT2D eigenvalue weighted by atomic mass is 35.5. The van der Waals surface area contributed by atoms with Gasteiger partial charge in [0.15, 0.2) is 0 Å². The van der Waals surface area contributed by atoms with E-state index in [1.165, 1.54) is 6.07 Å². The molecule has 0 atom stereocenters. The summed E-state index contributed by atoms with van der Waals surface area (Å²) in [4.78, 5) is 16.0. The number of nitrogens with one attached hydrogen (secondary N) is 1. The van der Waals surface area contributed by atoms with Gasteiger partial charge in [-0.15, -0.1) is 11.3 Å². The minimum absolute atomic E-state index is 0.132.